The molecule has 132 valence electrons. The number of aromatic amines is 1. The van der Waals surface area contributed by atoms with Gasteiger partial charge >= 0.3 is 11.9 Å². The Labute approximate surface area is 150 Å². The number of aliphatic carboxylic acids is 1. The maximum absolute atomic E-state index is 12.1. The van der Waals surface area contributed by atoms with E-state index < -0.39 is 17.5 Å². The highest BCUT2D eigenvalue weighted by Crippen LogP contribution is 2.33. The molecule has 0 bridgehead atoms. The number of ether oxygens (including phenoxy) is 1. The maximum Gasteiger partial charge on any atom is 0.347 e. The number of carbonyl (C=O) groups excluding carboxylic acids is 1. The van der Waals surface area contributed by atoms with Gasteiger partial charge in [0.2, 0.25) is 0 Å². The van der Waals surface area contributed by atoms with Crippen molar-refractivity contribution < 1.29 is 19.4 Å². The quantitative estimate of drug-likeness (QED) is 0.305. The van der Waals surface area contributed by atoms with E-state index >= 15 is 0 Å². The third kappa shape index (κ3) is 3.44. The van der Waals surface area contributed by atoms with Crippen LogP contribution >= 0.6 is 0 Å². The van der Waals surface area contributed by atoms with Crippen LogP contribution in [0.2, 0.25) is 0 Å². The molecule has 0 unspecified atom stereocenters. The molecule has 6 heteroatoms. The number of aromatic nitrogens is 1. The van der Waals surface area contributed by atoms with Gasteiger partial charge in [-0.05, 0) is 25.1 Å². The fraction of sp³-hybridized carbons (Fsp3) is 0.100. The second-order valence-corrected chi connectivity index (χ2v) is 5.49. The molecule has 6 nitrogen and oxygen atoms in total. The van der Waals surface area contributed by atoms with Gasteiger partial charge in [-0.25, -0.2) is 9.59 Å². The Kier molecular flexibility index (Phi) is 5.03. The van der Waals surface area contributed by atoms with Crippen LogP contribution in [0.5, 0.6) is 0 Å². The molecule has 0 amide bonds. The molecule has 3 rings (SSSR count). The molecule has 0 spiro atoms. The maximum atomic E-state index is 12.1. The van der Waals surface area contributed by atoms with Crippen LogP contribution in [0, 0.1) is 0 Å². The molecule has 0 fully saturated rings. The lowest BCUT2D eigenvalue weighted by Gasteiger charge is -2.21. The number of esters is 1. The number of fused-ring (bicyclic) bond motifs is 1. The third-order valence-electron chi connectivity index (χ3n) is 3.85. The average molecular weight is 350 g/mol. The molecule has 26 heavy (non-hydrogen) atoms. The lowest BCUT2D eigenvalue weighted by Crippen LogP contribution is -2.20. The highest BCUT2D eigenvalue weighted by Gasteiger charge is 2.22. The van der Waals surface area contributed by atoms with Crippen LogP contribution in [0.15, 0.2) is 72.6 Å². The summed E-state index contributed by atoms with van der Waals surface area (Å²) in [6.07, 6.45) is 3.07. The predicted octanol–water partition coefficient (Wildman–Crippen LogP) is 3.84. The van der Waals surface area contributed by atoms with E-state index in [9.17, 15) is 14.7 Å². The fourth-order valence-electron chi connectivity index (χ4n) is 2.66. The average Bonchev–Trinajstić information content (AvgIpc) is 3.07. The summed E-state index contributed by atoms with van der Waals surface area (Å²) in [5.74, 6) is -2.22. The molecule has 2 aromatic carbocycles. The van der Waals surface area contributed by atoms with Gasteiger partial charge in [0.05, 0.1) is 12.3 Å². The summed E-state index contributed by atoms with van der Waals surface area (Å²) in [6.45, 7) is 1.73. The van der Waals surface area contributed by atoms with Crippen LogP contribution in [-0.2, 0) is 14.3 Å². The van der Waals surface area contributed by atoms with Crippen molar-refractivity contribution in [3.8, 4) is 0 Å². The molecular weight excluding hydrogens is 332 g/mol. The summed E-state index contributed by atoms with van der Waals surface area (Å²) in [4.78, 5) is 28.5. The van der Waals surface area contributed by atoms with Gasteiger partial charge in [-0.15, -0.1) is 0 Å². The summed E-state index contributed by atoms with van der Waals surface area (Å²) in [7, 11) is 0. The predicted molar refractivity (Wildman–Crippen MR) is 99.2 cm³/mol. The minimum atomic E-state index is -1.34. The summed E-state index contributed by atoms with van der Waals surface area (Å²) in [6, 6.07) is 16.9. The topological polar surface area (TPSA) is 82.6 Å². The van der Waals surface area contributed by atoms with Crippen molar-refractivity contribution in [1.29, 1.82) is 0 Å². The largest absolute Gasteiger partial charge is 0.477 e. The van der Waals surface area contributed by atoms with Gasteiger partial charge in [-0.2, -0.15) is 0 Å². The lowest BCUT2D eigenvalue weighted by molar-refractivity contribution is -0.143. The van der Waals surface area contributed by atoms with Crippen LogP contribution in [0.3, 0.4) is 0 Å². The summed E-state index contributed by atoms with van der Waals surface area (Å²) in [5.41, 5.74) is 1.92. The number of nitrogens with zero attached hydrogens (tertiary/aromatic N) is 1. The first-order chi connectivity index (χ1) is 12.6. The van der Waals surface area contributed by atoms with Gasteiger partial charge in [0, 0.05) is 29.0 Å². The Morgan fingerprint density at radius 1 is 1.12 bits per heavy atom. The Morgan fingerprint density at radius 2 is 1.81 bits per heavy atom. The first kappa shape index (κ1) is 17.3. The molecule has 1 aromatic heterocycles. The number of anilines is 2. The van der Waals surface area contributed by atoms with Crippen LogP contribution in [0.25, 0.3) is 10.9 Å². The molecule has 0 aliphatic carbocycles. The number of para-hydroxylation sites is 2. The van der Waals surface area contributed by atoms with Gasteiger partial charge in [-0.3, -0.25) is 0 Å². The smallest absolute Gasteiger partial charge is 0.347 e. The number of nitrogens with one attached hydrogen (secondary N) is 1. The summed E-state index contributed by atoms with van der Waals surface area (Å²) >= 11 is 0. The van der Waals surface area contributed by atoms with Crippen molar-refractivity contribution in [3.05, 3.63) is 72.6 Å². The van der Waals surface area contributed by atoms with E-state index in [0.717, 1.165) is 22.3 Å². The molecule has 0 radical (unpaired) electrons. The fourth-order valence-corrected chi connectivity index (χ4v) is 2.66. The Morgan fingerprint density at radius 3 is 2.50 bits per heavy atom. The van der Waals surface area contributed by atoms with Gasteiger partial charge in [0.15, 0.2) is 5.57 Å². The minimum Gasteiger partial charge on any atom is -0.477 e. The van der Waals surface area contributed by atoms with Crippen molar-refractivity contribution >= 4 is 34.2 Å². The van der Waals surface area contributed by atoms with Gasteiger partial charge < -0.3 is 19.7 Å². The molecular formula is C20H18N2O4. The first-order valence-electron chi connectivity index (χ1n) is 8.14. The van der Waals surface area contributed by atoms with E-state index in [1.54, 1.807) is 18.0 Å². The Balaban J connectivity index is 2.17. The third-order valence-corrected chi connectivity index (χ3v) is 3.85. The monoisotopic (exact) mass is 350 g/mol. The van der Waals surface area contributed by atoms with Crippen LogP contribution < -0.4 is 4.90 Å². The Bertz CT molecular complexity index is 960. The number of carbonyl (C=O) groups is 2. The van der Waals surface area contributed by atoms with E-state index in [1.807, 2.05) is 54.6 Å². The number of hydrogen-bond acceptors (Lipinski definition) is 4. The van der Waals surface area contributed by atoms with Gasteiger partial charge in [0.1, 0.15) is 0 Å². The summed E-state index contributed by atoms with van der Waals surface area (Å²) in [5, 5.41) is 10.4. The SMILES string of the molecule is CCOC(=O)/C(=C/N(c1ccccc1)c1c[nH]c2ccccc12)C(=O)O. The molecule has 2 N–H and O–H groups in total. The molecule has 0 atom stereocenters. The number of rotatable bonds is 6. The second kappa shape index (κ2) is 7.57. The Hall–Kier alpha value is -3.54. The van der Waals surface area contributed by atoms with E-state index in [0.29, 0.717) is 0 Å². The van der Waals surface area contributed by atoms with Crippen LogP contribution in [0.1, 0.15) is 6.92 Å². The molecule has 0 aliphatic rings. The van der Waals surface area contributed by atoms with Crippen molar-refractivity contribution in [1.82, 2.24) is 4.98 Å². The molecule has 0 saturated heterocycles. The van der Waals surface area contributed by atoms with Crippen LogP contribution in [0.4, 0.5) is 11.4 Å². The first-order valence-corrected chi connectivity index (χ1v) is 8.14. The standard InChI is InChI=1S/C20H18N2O4/c1-2-26-20(25)16(19(23)24)13-22(14-8-4-3-5-9-14)18-12-21-17-11-7-6-10-15(17)18/h3-13,21H,2H2,1H3,(H,23,24)/b16-13+. The van der Waals surface area contributed by atoms with E-state index in [4.69, 9.17) is 4.74 Å². The highest BCUT2D eigenvalue weighted by molar-refractivity contribution is 6.14. The number of benzene rings is 2. The normalized spacial score (nSPS) is 11.3. The lowest BCUT2D eigenvalue weighted by atomic mass is 10.2. The van der Waals surface area contributed by atoms with Crippen LogP contribution in [-0.4, -0.2) is 28.6 Å². The number of carboxylic acids is 1. The number of H-pyrrole nitrogens is 1. The minimum absolute atomic E-state index is 0.0991. The van der Waals surface area contributed by atoms with E-state index in [-0.39, 0.29) is 6.61 Å². The molecule has 0 saturated carbocycles. The second-order valence-electron chi connectivity index (χ2n) is 5.49. The summed E-state index contributed by atoms with van der Waals surface area (Å²) < 4.78 is 4.88. The van der Waals surface area contributed by atoms with Gasteiger partial charge in [-0.1, -0.05) is 36.4 Å². The molecule has 0 aliphatic heterocycles. The van der Waals surface area contributed by atoms with Crippen molar-refractivity contribution in [2.24, 2.45) is 0 Å². The van der Waals surface area contributed by atoms with Crippen molar-refractivity contribution in [2.45, 2.75) is 6.92 Å². The zero-order valence-electron chi connectivity index (χ0n) is 14.2. The highest BCUT2D eigenvalue weighted by atomic mass is 16.5. The van der Waals surface area contributed by atoms with Gasteiger partial charge in [0.25, 0.3) is 0 Å². The zero-order valence-corrected chi connectivity index (χ0v) is 14.2. The van der Waals surface area contributed by atoms with E-state index in [1.165, 1.54) is 6.20 Å². The number of carboxylic acid groups (broad SMARTS) is 1. The number of hydrogen-bond donors (Lipinski definition) is 2. The molecule has 1 heterocycles. The zero-order chi connectivity index (χ0) is 18.5. The van der Waals surface area contributed by atoms with Crippen molar-refractivity contribution in [2.75, 3.05) is 11.5 Å². The van der Waals surface area contributed by atoms with E-state index in [2.05, 4.69) is 4.98 Å². The molecule has 3 aromatic rings. The van der Waals surface area contributed by atoms with Crippen molar-refractivity contribution in [3.63, 3.8) is 0 Å².